The van der Waals surface area contributed by atoms with Crippen LogP contribution in [0.4, 0.5) is 0 Å². The molecule has 1 fully saturated rings. The van der Waals surface area contributed by atoms with Gasteiger partial charge >= 0.3 is 0 Å². The lowest BCUT2D eigenvalue weighted by molar-refractivity contribution is -0.120. The zero-order valence-corrected chi connectivity index (χ0v) is 20.8. The molecule has 0 unspecified atom stereocenters. The number of carbonyl (C=O) groups is 1. The van der Waals surface area contributed by atoms with Crippen LogP contribution >= 0.6 is 11.8 Å². The number of rotatable bonds is 7. The molecule has 9 nitrogen and oxygen atoms in total. The van der Waals surface area contributed by atoms with Crippen molar-refractivity contribution in [2.75, 3.05) is 12.9 Å². The van der Waals surface area contributed by atoms with Crippen molar-refractivity contribution in [1.82, 2.24) is 24.5 Å². The zero-order valence-electron chi connectivity index (χ0n) is 19.9. The maximum absolute atomic E-state index is 13.5. The van der Waals surface area contributed by atoms with Gasteiger partial charge in [-0.05, 0) is 31.0 Å². The highest BCUT2D eigenvalue weighted by molar-refractivity contribution is 7.99. The highest BCUT2D eigenvalue weighted by Gasteiger charge is 2.33. The molecule has 0 atom stereocenters. The fourth-order valence-corrected chi connectivity index (χ4v) is 5.57. The summed E-state index contributed by atoms with van der Waals surface area (Å²) >= 11 is 1.23. The number of para-hydroxylation sites is 2. The minimum absolute atomic E-state index is 0.0875. The molecular weight excluding hydrogens is 476 g/mol. The number of nitriles is 1. The van der Waals surface area contributed by atoms with Crippen molar-refractivity contribution in [2.45, 2.75) is 49.3 Å². The molecule has 2 heterocycles. The number of aromatic nitrogens is 4. The van der Waals surface area contributed by atoms with Crippen LogP contribution in [-0.4, -0.2) is 43.5 Å². The molecule has 4 aromatic rings. The molecule has 0 saturated heterocycles. The van der Waals surface area contributed by atoms with Gasteiger partial charge in [0.25, 0.3) is 5.56 Å². The summed E-state index contributed by atoms with van der Waals surface area (Å²) in [5, 5.41) is 22.3. The highest BCUT2D eigenvalue weighted by atomic mass is 32.2. The van der Waals surface area contributed by atoms with Crippen molar-refractivity contribution in [2.24, 2.45) is 0 Å². The number of methoxy groups -OCH3 is 1. The smallest absolute Gasteiger partial charge is 0.263 e. The van der Waals surface area contributed by atoms with E-state index in [0.717, 1.165) is 24.8 Å². The van der Waals surface area contributed by atoms with E-state index in [4.69, 9.17) is 4.74 Å². The van der Waals surface area contributed by atoms with Crippen molar-refractivity contribution >= 4 is 34.3 Å². The van der Waals surface area contributed by atoms with E-state index in [-0.39, 0.29) is 23.8 Å². The average molecular weight is 503 g/mol. The van der Waals surface area contributed by atoms with Crippen molar-refractivity contribution in [1.29, 1.82) is 5.26 Å². The number of nitrogens with zero attached hydrogens (tertiary/aromatic N) is 5. The molecule has 1 saturated carbocycles. The van der Waals surface area contributed by atoms with Gasteiger partial charge in [-0.15, -0.1) is 10.2 Å². The van der Waals surface area contributed by atoms with E-state index >= 15 is 0 Å². The van der Waals surface area contributed by atoms with Crippen molar-refractivity contribution in [3.63, 3.8) is 0 Å². The van der Waals surface area contributed by atoms with E-state index in [0.29, 0.717) is 40.4 Å². The molecule has 184 valence electrons. The Morgan fingerprint density at radius 2 is 1.89 bits per heavy atom. The number of hydrogen-bond acceptors (Lipinski definition) is 7. The summed E-state index contributed by atoms with van der Waals surface area (Å²) in [6.45, 7) is 0.255. The molecule has 0 spiro atoms. The number of amides is 1. The second kappa shape index (κ2) is 10.0. The summed E-state index contributed by atoms with van der Waals surface area (Å²) in [6.07, 6.45) is 4.31. The molecule has 36 heavy (non-hydrogen) atoms. The van der Waals surface area contributed by atoms with Crippen LogP contribution in [0.3, 0.4) is 0 Å². The Morgan fingerprint density at radius 1 is 1.14 bits per heavy atom. The fourth-order valence-electron chi connectivity index (χ4n) is 4.83. The lowest BCUT2D eigenvalue weighted by atomic mass is 9.83. The van der Waals surface area contributed by atoms with Gasteiger partial charge in [-0.3, -0.25) is 18.6 Å². The van der Waals surface area contributed by atoms with Crippen molar-refractivity contribution < 1.29 is 9.53 Å². The first-order chi connectivity index (χ1) is 17.5. The quantitative estimate of drug-likeness (QED) is 0.385. The van der Waals surface area contributed by atoms with Gasteiger partial charge in [-0.1, -0.05) is 61.4 Å². The van der Waals surface area contributed by atoms with Crippen LogP contribution in [0.1, 0.15) is 37.7 Å². The Kier molecular flexibility index (Phi) is 6.65. The van der Waals surface area contributed by atoms with Gasteiger partial charge in [0, 0.05) is 5.56 Å². The third-order valence-electron chi connectivity index (χ3n) is 6.63. The third-order valence-corrected chi connectivity index (χ3v) is 7.56. The molecule has 2 aromatic carbocycles. The van der Waals surface area contributed by atoms with Gasteiger partial charge < -0.3 is 10.1 Å². The molecule has 5 rings (SSSR count). The van der Waals surface area contributed by atoms with Crippen LogP contribution in [0.2, 0.25) is 0 Å². The first kappa shape index (κ1) is 23.9. The SMILES string of the molecule is COc1ccccc1Cn1c(=O)c2ccccc2n2c(SCC(=O)NC3(C#N)CCCCC3)nnc12. The largest absolute Gasteiger partial charge is 0.496 e. The normalized spacial score (nSPS) is 15.0. The van der Waals surface area contributed by atoms with Crippen molar-refractivity contribution in [3.05, 3.63) is 64.4 Å². The molecule has 0 bridgehead atoms. The summed E-state index contributed by atoms with van der Waals surface area (Å²) in [7, 11) is 1.60. The summed E-state index contributed by atoms with van der Waals surface area (Å²) in [4.78, 5) is 26.2. The summed E-state index contributed by atoms with van der Waals surface area (Å²) in [6, 6.07) is 17.1. The number of nitrogens with one attached hydrogen (secondary N) is 1. The molecule has 1 aliphatic carbocycles. The number of thioether (sulfide) groups is 1. The first-order valence-corrected chi connectivity index (χ1v) is 12.9. The van der Waals surface area contributed by atoms with Crippen LogP contribution in [0.15, 0.2) is 58.5 Å². The maximum atomic E-state index is 13.5. The molecule has 0 aliphatic heterocycles. The fraction of sp³-hybridized carbons (Fsp3) is 0.346. The van der Waals surface area contributed by atoms with E-state index in [1.807, 2.05) is 46.9 Å². The van der Waals surface area contributed by atoms with Crippen LogP contribution in [0, 0.1) is 11.3 Å². The van der Waals surface area contributed by atoms with E-state index in [2.05, 4.69) is 21.6 Å². The Balaban J connectivity index is 1.49. The predicted octanol–water partition coefficient (Wildman–Crippen LogP) is 3.54. The molecule has 1 aliphatic rings. The van der Waals surface area contributed by atoms with Gasteiger partial charge in [0.2, 0.25) is 11.7 Å². The lowest BCUT2D eigenvalue weighted by Gasteiger charge is -2.31. The predicted molar refractivity (Wildman–Crippen MR) is 137 cm³/mol. The van der Waals surface area contributed by atoms with E-state index in [9.17, 15) is 14.9 Å². The highest BCUT2D eigenvalue weighted by Crippen LogP contribution is 2.28. The summed E-state index contributed by atoms with van der Waals surface area (Å²) in [5.74, 6) is 0.931. The minimum Gasteiger partial charge on any atom is -0.496 e. The Hall–Kier alpha value is -3.84. The topological polar surface area (TPSA) is 114 Å². The summed E-state index contributed by atoms with van der Waals surface area (Å²) in [5.41, 5.74) is 0.539. The Labute approximate surface area is 212 Å². The van der Waals surface area contributed by atoms with Gasteiger partial charge in [-0.25, -0.2) is 0 Å². The van der Waals surface area contributed by atoms with Gasteiger partial charge in [-0.2, -0.15) is 5.26 Å². The molecule has 1 amide bonds. The van der Waals surface area contributed by atoms with Crippen LogP contribution in [0.25, 0.3) is 16.7 Å². The number of hydrogen-bond donors (Lipinski definition) is 1. The average Bonchev–Trinajstić information content (AvgIpc) is 3.34. The van der Waals surface area contributed by atoms with Crippen LogP contribution in [-0.2, 0) is 11.3 Å². The van der Waals surface area contributed by atoms with E-state index in [1.165, 1.54) is 11.8 Å². The molecule has 2 aromatic heterocycles. The minimum atomic E-state index is -0.787. The van der Waals surface area contributed by atoms with E-state index < -0.39 is 5.54 Å². The maximum Gasteiger partial charge on any atom is 0.263 e. The van der Waals surface area contributed by atoms with Gasteiger partial charge in [0.15, 0.2) is 5.16 Å². The third kappa shape index (κ3) is 4.42. The van der Waals surface area contributed by atoms with Gasteiger partial charge in [0.05, 0.1) is 36.4 Å². The van der Waals surface area contributed by atoms with Crippen LogP contribution in [0.5, 0.6) is 5.75 Å². The molecule has 0 radical (unpaired) electrons. The summed E-state index contributed by atoms with van der Waals surface area (Å²) < 4.78 is 8.86. The lowest BCUT2D eigenvalue weighted by Crippen LogP contribution is -2.49. The second-order valence-corrected chi connectivity index (χ2v) is 9.87. The monoisotopic (exact) mass is 502 g/mol. The van der Waals surface area contributed by atoms with Crippen LogP contribution < -0.4 is 15.6 Å². The molecule has 1 N–H and O–H groups in total. The Morgan fingerprint density at radius 3 is 2.67 bits per heavy atom. The van der Waals surface area contributed by atoms with Crippen molar-refractivity contribution in [3.8, 4) is 11.8 Å². The second-order valence-electron chi connectivity index (χ2n) is 8.93. The number of ether oxygens (including phenoxy) is 1. The van der Waals surface area contributed by atoms with Gasteiger partial charge in [0.1, 0.15) is 11.3 Å². The first-order valence-electron chi connectivity index (χ1n) is 11.9. The molecule has 10 heteroatoms. The number of fused-ring (bicyclic) bond motifs is 3. The standard InChI is InChI=1S/C26H26N6O3S/c1-35-21-12-6-3-9-18(21)15-31-23(34)19-10-4-5-11-20(19)32-24(31)29-30-25(32)36-16-22(33)28-26(17-27)13-7-2-8-14-26/h3-6,9-12H,2,7-8,13-16H2,1H3,(H,28,33). The zero-order chi connectivity index (χ0) is 25.1. The Bertz CT molecular complexity index is 1530. The van der Waals surface area contributed by atoms with E-state index in [1.54, 1.807) is 17.7 Å². The number of benzene rings is 2. The molecular formula is C26H26N6O3S. The number of carbonyl (C=O) groups excluding carboxylic acids is 1.